The fourth-order valence-corrected chi connectivity index (χ4v) is 1.02. The molecule has 0 saturated heterocycles. The Bertz CT molecular complexity index is 108. The van der Waals surface area contributed by atoms with Gasteiger partial charge in [-0.25, -0.2) is 0 Å². The molecule has 0 aromatic carbocycles. The van der Waals surface area contributed by atoms with Gasteiger partial charge in [0.1, 0.15) is 0 Å². The molecular formula is C9H21BrN2S. The monoisotopic (exact) mass is 268 g/mol. The Morgan fingerprint density at radius 1 is 1.00 bits per heavy atom. The van der Waals surface area contributed by atoms with E-state index in [2.05, 4.69) is 24.5 Å². The molecule has 0 fully saturated rings. The van der Waals surface area contributed by atoms with Crippen LogP contribution in [0.25, 0.3) is 0 Å². The highest BCUT2D eigenvalue weighted by molar-refractivity contribution is 8.93. The molecule has 0 saturated carbocycles. The van der Waals surface area contributed by atoms with Crippen molar-refractivity contribution in [3.8, 4) is 0 Å². The molecule has 0 atom stereocenters. The molecule has 13 heavy (non-hydrogen) atoms. The van der Waals surface area contributed by atoms with Crippen LogP contribution in [0.2, 0.25) is 0 Å². The Labute approximate surface area is 97.6 Å². The van der Waals surface area contributed by atoms with E-state index in [0.29, 0.717) is 0 Å². The van der Waals surface area contributed by atoms with Crippen molar-refractivity contribution in [2.24, 2.45) is 0 Å². The standard InChI is InChI=1S/C9H20N2S.BrH/c1-3-5-7-10-9(12)11-8-6-4-2;/h3-8H2,1-2H3,(H2,10,11,12);1H. The summed E-state index contributed by atoms with van der Waals surface area (Å²) >= 11 is 5.06. The maximum Gasteiger partial charge on any atom is 0.166 e. The molecule has 0 aromatic heterocycles. The van der Waals surface area contributed by atoms with Gasteiger partial charge in [0.05, 0.1) is 0 Å². The van der Waals surface area contributed by atoms with Gasteiger partial charge < -0.3 is 10.6 Å². The first kappa shape index (κ1) is 15.6. The van der Waals surface area contributed by atoms with Crippen molar-refractivity contribution in [2.75, 3.05) is 13.1 Å². The lowest BCUT2D eigenvalue weighted by atomic mass is 10.3. The smallest absolute Gasteiger partial charge is 0.166 e. The maximum absolute atomic E-state index is 5.06. The third-order valence-corrected chi connectivity index (χ3v) is 1.92. The normalized spacial score (nSPS) is 8.77. The maximum atomic E-state index is 5.06. The third kappa shape index (κ3) is 12.2. The lowest BCUT2D eigenvalue weighted by Crippen LogP contribution is -2.36. The van der Waals surface area contributed by atoms with Gasteiger partial charge in [0.25, 0.3) is 0 Å². The van der Waals surface area contributed by atoms with Crippen molar-refractivity contribution in [1.29, 1.82) is 0 Å². The number of rotatable bonds is 6. The van der Waals surface area contributed by atoms with Gasteiger partial charge in [-0.2, -0.15) is 0 Å². The van der Waals surface area contributed by atoms with Crippen LogP contribution in [0.15, 0.2) is 0 Å². The number of nitrogens with one attached hydrogen (secondary N) is 2. The van der Waals surface area contributed by atoms with Crippen molar-refractivity contribution in [2.45, 2.75) is 39.5 Å². The van der Waals surface area contributed by atoms with Crippen LogP contribution >= 0.6 is 29.2 Å². The predicted molar refractivity (Wildman–Crippen MR) is 68.7 cm³/mol. The van der Waals surface area contributed by atoms with Crippen LogP contribution in [-0.4, -0.2) is 18.2 Å². The van der Waals surface area contributed by atoms with Crippen LogP contribution in [0.5, 0.6) is 0 Å². The fourth-order valence-electron chi connectivity index (χ4n) is 0.820. The highest BCUT2D eigenvalue weighted by Crippen LogP contribution is 1.84. The first-order chi connectivity index (χ1) is 5.81. The number of hydrogen-bond donors (Lipinski definition) is 2. The highest BCUT2D eigenvalue weighted by atomic mass is 79.9. The summed E-state index contributed by atoms with van der Waals surface area (Å²) < 4.78 is 0. The second-order valence-corrected chi connectivity index (χ2v) is 3.30. The first-order valence-electron chi connectivity index (χ1n) is 4.83. The van der Waals surface area contributed by atoms with E-state index < -0.39 is 0 Å². The molecule has 0 bridgehead atoms. The summed E-state index contributed by atoms with van der Waals surface area (Å²) in [4.78, 5) is 0. The van der Waals surface area contributed by atoms with Crippen LogP contribution in [0.3, 0.4) is 0 Å². The average molecular weight is 269 g/mol. The Morgan fingerprint density at radius 2 is 1.38 bits per heavy atom. The molecule has 4 heteroatoms. The van der Waals surface area contributed by atoms with Gasteiger partial charge in [0.15, 0.2) is 5.11 Å². The molecule has 0 aliphatic heterocycles. The van der Waals surface area contributed by atoms with Gasteiger partial charge in [-0.15, -0.1) is 17.0 Å². The molecule has 0 rings (SSSR count). The van der Waals surface area contributed by atoms with Gasteiger partial charge in [-0.05, 0) is 25.1 Å². The molecule has 0 heterocycles. The number of halogens is 1. The van der Waals surface area contributed by atoms with Crippen molar-refractivity contribution in [1.82, 2.24) is 10.6 Å². The van der Waals surface area contributed by atoms with Crippen LogP contribution < -0.4 is 10.6 Å². The summed E-state index contributed by atoms with van der Waals surface area (Å²) in [5.41, 5.74) is 0. The number of hydrogen-bond acceptors (Lipinski definition) is 1. The molecule has 0 amide bonds. The van der Waals surface area contributed by atoms with Crippen molar-refractivity contribution in [3.05, 3.63) is 0 Å². The summed E-state index contributed by atoms with van der Waals surface area (Å²) in [5, 5.41) is 7.13. The van der Waals surface area contributed by atoms with Gasteiger partial charge in [0.2, 0.25) is 0 Å². The largest absolute Gasteiger partial charge is 0.363 e. The van der Waals surface area contributed by atoms with E-state index in [1.807, 2.05) is 0 Å². The van der Waals surface area contributed by atoms with Crippen LogP contribution in [0, 0.1) is 0 Å². The quantitative estimate of drug-likeness (QED) is 0.572. The van der Waals surface area contributed by atoms with Crippen molar-refractivity contribution < 1.29 is 0 Å². The van der Waals surface area contributed by atoms with E-state index in [-0.39, 0.29) is 17.0 Å². The fraction of sp³-hybridized carbons (Fsp3) is 0.889. The topological polar surface area (TPSA) is 24.1 Å². The second-order valence-electron chi connectivity index (χ2n) is 2.89. The Balaban J connectivity index is 0. The van der Waals surface area contributed by atoms with Crippen LogP contribution in [0.1, 0.15) is 39.5 Å². The highest BCUT2D eigenvalue weighted by Gasteiger charge is 1.91. The van der Waals surface area contributed by atoms with Gasteiger partial charge in [-0.1, -0.05) is 26.7 Å². The summed E-state index contributed by atoms with van der Waals surface area (Å²) in [5.74, 6) is 0. The summed E-state index contributed by atoms with van der Waals surface area (Å²) in [6.07, 6.45) is 4.81. The van der Waals surface area contributed by atoms with Gasteiger partial charge >= 0.3 is 0 Å². The minimum atomic E-state index is 0. The van der Waals surface area contributed by atoms with E-state index in [0.717, 1.165) is 18.2 Å². The van der Waals surface area contributed by atoms with E-state index in [1.54, 1.807) is 0 Å². The SMILES string of the molecule is Br.CCCCNC(=S)NCCCC. The summed E-state index contributed by atoms with van der Waals surface area (Å²) in [6, 6.07) is 0. The molecule has 0 unspecified atom stereocenters. The Morgan fingerprint density at radius 3 is 1.69 bits per heavy atom. The Kier molecular flexibility index (Phi) is 14.6. The summed E-state index contributed by atoms with van der Waals surface area (Å²) in [6.45, 7) is 6.34. The van der Waals surface area contributed by atoms with Crippen molar-refractivity contribution in [3.63, 3.8) is 0 Å². The van der Waals surface area contributed by atoms with Crippen molar-refractivity contribution >= 4 is 34.3 Å². The second kappa shape index (κ2) is 12.2. The molecule has 0 spiro atoms. The van der Waals surface area contributed by atoms with E-state index in [1.165, 1.54) is 25.7 Å². The van der Waals surface area contributed by atoms with E-state index >= 15 is 0 Å². The zero-order chi connectivity index (χ0) is 9.23. The number of unbranched alkanes of at least 4 members (excludes halogenated alkanes) is 2. The minimum Gasteiger partial charge on any atom is -0.363 e. The van der Waals surface area contributed by atoms with E-state index in [4.69, 9.17) is 12.2 Å². The molecule has 80 valence electrons. The van der Waals surface area contributed by atoms with Gasteiger partial charge in [0, 0.05) is 13.1 Å². The molecule has 0 aliphatic carbocycles. The number of thiocarbonyl (C=S) groups is 1. The minimum absolute atomic E-state index is 0. The van der Waals surface area contributed by atoms with E-state index in [9.17, 15) is 0 Å². The van der Waals surface area contributed by atoms with Crippen LogP contribution in [-0.2, 0) is 0 Å². The zero-order valence-electron chi connectivity index (χ0n) is 8.56. The third-order valence-electron chi connectivity index (χ3n) is 1.63. The molecule has 2 nitrogen and oxygen atoms in total. The first-order valence-corrected chi connectivity index (χ1v) is 5.23. The lowest BCUT2D eigenvalue weighted by Gasteiger charge is -2.08. The van der Waals surface area contributed by atoms with Crippen LogP contribution in [0.4, 0.5) is 0 Å². The molecular weight excluding hydrogens is 248 g/mol. The predicted octanol–water partition coefficient (Wildman–Crippen LogP) is 2.63. The van der Waals surface area contributed by atoms with Gasteiger partial charge in [-0.3, -0.25) is 0 Å². The summed E-state index contributed by atoms with van der Waals surface area (Å²) in [7, 11) is 0. The lowest BCUT2D eigenvalue weighted by molar-refractivity contribution is 0.715. The Hall–Kier alpha value is 0.170. The molecule has 0 aliphatic rings. The molecule has 2 N–H and O–H groups in total. The zero-order valence-corrected chi connectivity index (χ0v) is 11.1. The average Bonchev–Trinajstić information content (AvgIpc) is 2.06. The molecule has 0 aromatic rings. The molecule has 0 radical (unpaired) electrons.